The number of hydrogen-bond acceptors (Lipinski definition) is 7. The van der Waals surface area contributed by atoms with Gasteiger partial charge in [0.1, 0.15) is 12.2 Å². The van der Waals surface area contributed by atoms with Gasteiger partial charge in [0.2, 0.25) is 6.29 Å². The van der Waals surface area contributed by atoms with Crippen LogP contribution in [-0.4, -0.2) is 52.5 Å². The number of aliphatic hydroxyl groups excluding tert-OH is 2. The highest BCUT2D eigenvalue weighted by atomic mass is 16.7. The number of carbonyl (C=O) groups is 1. The molecule has 0 amide bonds. The number of carbonyl (C=O) groups excluding carboxylic acids is 1. The molecule has 0 saturated carbocycles. The quantitative estimate of drug-likeness (QED) is 0.394. The highest BCUT2D eigenvalue weighted by molar-refractivity contribution is 5.66. The molecule has 0 aromatic heterocycles. The van der Waals surface area contributed by atoms with Gasteiger partial charge in [-0.1, -0.05) is 31.6 Å². The van der Waals surface area contributed by atoms with Crippen LogP contribution >= 0.6 is 0 Å². The van der Waals surface area contributed by atoms with Crippen LogP contribution in [0.3, 0.4) is 0 Å². The molecule has 1 aromatic carbocycles. The van der Waals surface area contributed by atoms with Gasteiger partial charge in [-0.3, -0.25) is 4.79 Å². The molecule has 7 heteroatoms. The summed E-state index contributed by atoms with van der Waals surface area (Å²) < 4.78 is 17.0. The van der Waals surface area contributed by atoms with Crippen molar-refractivity contribution in [1.82, 2.24) is 0 Å². The summed E-state index contributed by atoms with van der Waals surface area (Å²) in [5.74, 6) is 0.662. The van der Waals surface area contributed by atoms with Crippen molar-refractivity contribution in [3.63, 3.8) is 0 Å². The molecule has 0 bridgehead atoms. The molecule has 2 aliphatic rings. The Morgan fingerprint density at radius 2 is 1.97 bits per heavy atom. The number of phenolic OH excluding ortho intramolecular Hbond substituents is 1. The Morgan fingerprint density at radius 1 is 1.26 bits per heavy atom. The van der Waals surface area contributed by atoms with E-state index in [1.807, 2.05) is 6.92 Å². The number of fused-ring (bicyclic) bond motifs is 1. The van der Waals surface area contributed by atoms with E-state index in [0.29, 0.717) is 23.1 Å². The molecule has 0 radical (unpaired) electrons. The summed E-state index contributed by atoms with van der Waals surface area (Å²) in [6.45, 7) is 11.5. The number of aryl methyl sites for hydroxylation is 1. The summed E-state index contributed by atoms with van der Waals surface area (Å²) in [6.07, 6.45) is 1.49. The minimum Gasteiger partial charge on any atom is -0.504 e. The predicted molar refractivity (Wildman–Crippen MR) is 129 cm³/mol. The van der Waals surface area contributed by atoms with Crippen molar-refractivity contribution < 1.29 is 34.3 Å². The van der Waals surface area contributed by atoms with Crippen molar-refractivity contribution >= 4 is 5.97 Å². The van der Waals surface area contributed by atoms with E-state index >= 15 is 0 Å². The van der Waals surface area contributed by atoms with Crippen molar-refractivity contribution in [3.05, 3.63) is 34.4 Å². The number of allylic oxidation sites excluding steroid dienone is 2. The van der Waals surface area contributed by atoms with Crippen molar-refractivity contribution in [2.75, 3.05) is 6.61 Å². The van der Waals surface area contributed by atoms with E-state index in [-0.39, 0.29) is 18.3 Å². The van der Waals surface area contributed by atoms with Crippen LogP contribution < -0.4 is 4.74 Å². The number of rotatable bonds is 7. The molecule has 1 aromatic rings. The molecule has 0 spiro atoms. The van der Waals surface area contributed by atoms with Crippen LogP contribution in [0.2, 0.25) is 0 Å². The van der Waals surface area contributed by atoms with E-state index in [0.717, 1.165) is 31.2 Å². The predicted octanol–water partition coefficient (Wildman–Crippen LogP) is 4.45. The second-order valence-electron chi connectivity index (χ2n) is 10.2. The number of benzene rings is 1. The van der Waals surface area contributed by atoms with Gasteiger partial charge in [0.15, 0.2) is 17.6 Å². The Hall–Kier alpha value is -2.09. The number of esters is 1. The first kappa shape index (κ1) is 26.5. The first-order valence-electron chi connectivity index (χ1n) is 12.3. The largest absolute Gasteiger partial charge is 0.504 e. The van der Waals surface area contributed by atoms with Crippen LogP contribution in [0.1, 0.15) is 88.8 Å². The van der Waals surface area contributed by atoms with Crippen LogP contribution in [0.25, 0.3) is 0 Å². The maximum absolute atomic E-state index is 11.6. The SMILES string of the molecule is CC(=O)O[C@@H]1C(Oc2c(O)c(C)cc3c2[C@@H](C)CC[C@@H]3[C@@H](C)CCC=C(C)C)OC[C@@H](O)[C@@H]1O. The maximum atomic E-state index is 11.6. The van der Waals surface area contributed by atoms with E-state index < -0.39 is 30.6 Å². The van der Waals surface area contributed by atoms with E-state index in [1.165, 1.54) is 18.1 Å². The summed E-state index contributed by atoms with van der Waals surface area (Å²) in [5.41, 5.74) is 4.14. The van der Waals surface area contributed by atoms with Crippen LogP contribution in [-0.2, 0) is 14.3 Å². The molecule has 3 rings (SSSR count). The lowest BCUT2D eigenvalue weighted by Gasteiger charge is -2.39. The molecular weight excluding hydrogens is 436 g/mol. The first-order chi connectivity index (χ1) is 16.0. The van der Waals surface area contributed by atoms with Crippen LogP contribution in [0.4, 0.5) is 0 Å². The summed E-state index contributed by atoms with van der Waals surface area (Å²) >= 11 is 0. The van der Waals surface area contributed by atoms with Gasteiger partial charge in [0.25, 0.3) is 0 Å². The molecule has 190 valence electrons. The van der Waals surface area contributed by atoms with E-state index in [4.69, 9.17) is 14.2 Å². The molecule has 1 aliphatic carbocycles. The smallest absolute Gasteiger partial charge is 0.303 e. The Balaban J connectivity index is 1.96. The Morgan fingerprint density at radius 3 is 2.62 bits per heavy atom. The van der Waals surface area contributed by atoms with Crippen LogP contribution in [0.5, 0.6) is 11.5 Å². The zero-order valence-electron chi connectivity index (χ0n) is 21.2. The molecule has 1 heterocycles. The number of aliphatic hydroxyl groups is 2. The fourth-order valence-corrected chi connectivity index (χ4v) is 5.21. The van der Waals surface area contributed by atoms with Crippen molar-refractivity contribution in [3.8, 4) is 11.5 Å². The third-order valence-electron chi connectivity index (χ3n) is 7.15. The zero-order chi connectivity index (χ0) is 25.2. The second-order valence-corrected chi connectivity index (χ2v) is 10.2. The van der Waals surface area contributed by atoms with Crippen molar-refractivity contribution in [2.24, 2.45) is 5.92 Å². The minimum absolute atomic E-state index is 0.0224. The van der Waals surface area contributed by atoms with Gasteiger partial charge in [-0.2, -0.15) is 0 Å². The average molecular weight is 477 g/mol. The van der Waals surface area contributed by atoms with Crippen LogP contribution in [0.15, 0.2) is 17.7 Å². The van der Waals surface area contributed by atoms with Gasteiger partial charge < -0.3 is 29.5 Å². The molecule has 7 atom stereocenters. The van der Waals surface area contributed by atoms with E-state index in [1.54, 1.807) is 0 Å². The highest BCUT2D eigenvalue weighted by Gasteiger charge is 2.44. The minimum atomic E-state index is -1.36. The molecule has 7 nitrogen and oxygen atoms in total. The Kier molecular flexibility index (Phi) is 8.66. The normalized spacial score (nSPS) is 29.6. The molecule has 34 heavy (non-hydrogen) atoms. The standard InChI is InChI=1S/C27H40O7/c1-14(2)8-7-9-15(3)19-11-10-16(4)22-20(19)12-17(5)23(30)25(22)34-27-26(33-18(6)28)24(31)21(29)13-32-27/h8,12,15-16,19,21,24,26-27,29-31H,7,9-11,13H2,1-6H3/t15-,16-,19+,21+,24-,26-,27?/m0/s1. The first-order valence-corrected chi connectivity index (χ1v) is 12.3. The summed E-state index contributed by atoms with van der Waals surface area (Å²) in [6, 6.07) is 2.07. The second kappa shape index (κ2) is 11.1. The fraction of sp³-hybridized carbons (Fsp3) is 0.667. The van der Waals surface area contributed by atoms with Crippen molar-refractivity contribution in [2.45, 2.75) is 104 Å². The lowest BCUT2D eigenvalue weighted by atomic mass is 9.70. The van der Waals surface area contributed by atoms with Gasteiger partial charge in [-0.15, -0.1) is 0 Å². The number of hydrogen-bond donors (Lipinski definition) is 3. The Bertz CT molecular complexity index is 905. The Labute approximate surface area is 202 Å². The van der Waals surface area contributed by atoms with Gasteiger partial charge >= 0.3 is 5.97 Å². The summed E-state index contributed by atoms with van der Waals surface area (Å²) in [5, 5.41) is 31.4. The third-order valence-corrected chi connectivity index (χ3v) is 7.15. The maximum Gasteiger partial charge on any atom is 0.303 e. The highest BCUT2D eigenvalue weighted by Crippen LogP contribution is 2.51. The summed E-state index contributed by atoms with van der Waals surface area (Å²) in [7, 11) is 0. The monoisotopic (exact) mass is 476 g/mol. The van der Waals surface area contributed by atoms with Gasteiger partial charge in [-0.05, 0) is 75.3 Å². The summed E-state index contributed by atoms with van der Waals surface area (Å²) in [4.78, 5) is 11.6. The number of phenols is 1. The number of aromatic hydroxyl groups is 1. The molecular formula is C27H40O7. The van der Waals surface area contributed by atoms with Gasteiger partial charge in [-0.25, -0.2) is 0 Å². The van der Waals surface area contributed by atoms with Gasteiger partial charge in [0.05, 0.1) is 6.61 Å². The molecule has 1 aliphatic heterocycles. The molecule has 3 N–H and O–H groups in total. The van der Waals surface area contributed by atoms with E-state index in [9.17, 15) is 20.1 Å². The van der Waals surface area contributed by atoms with Crippen LogP contribution in [0, 0.1) is 12.8 Å². The molecule has 1 saturated heterocycles. The van der Waals surface area contributed by atoms with Crippen molar-refractivity contribution in [1.29, 1.82) is 0 Å². The molecule has 1 fully saturated rings. The number of ether oxygens (including phenoxy) is 3. The average Bonchev–Trinajstić information content (AvgIpc) is 2.75. The topological polar surface area (TPSA) is 105 Å². The third kappa shape index (κ3) is 5.75. The lowest BCUT2D eigenvalue weighted by Crippen LogP contribution is -2.56. The zero-order valence-corrected chi connectivity index (χ0v) is 21.2. The van der Waals surface area contributed by atoms with E-state index in [2.05, 4.69) is 39.8 Å². The van der Waals surface area contributed by atoms with Gasteiger partial charge in [0, 0.05) is 12.5 Å². The fourth-order valence-electron chi connectivity index (χ4n) is 5.21. The molecule has 1 unspecified atom stereocenters. The lowest BCUT2D eigenvalue weighted by molar-refractivity contribution is -0.250.